The largest absolute Gasteiger partial charge is 0.493 e. The Labute approximate surface area is 172 Å². The highest BCUT2D eigenvalue weighted by atomic mass is 35.5. The van der Waals surface area contributed by atoms with E-state index in [1.807, 2.05) is 35.4 Å². The first kappa shape index (κ1) is 22.0. The van der Waals surface area contributed by atoms with Gasteiger partial charge in [0.05, 0.1) is 19.8 Å². The first-order chi connectivity index (χ1) is 13.2. The van der Waals surface area contributed by atoms with Gasteiger partial charge in [0.15, 0.2) is 11.5 Å². The highest BCUT2D eigenvalue weighted by Gasteiger charge is 2.29. The maximum Gasteiger partial charge on any atom is 0.254 e. The second kappa shape index (κ2) is 10.9. The van der Waals surface area contributed by atoms with Gasteiger partial charge in [0.25, 0.3) is 5.91 Å². The van der Waals surface area contributed by atoms with Crippen molar-refractivity contribution in [3.05, 3.63) is 53.9 Å². The predicted molar refractivity (Wildman–Crippen MR) is 112 cm³/mol. The van der Waals surface area contributed by atoms with E-state index in [2.05, 4.69) is 17.2 Å². The van der Waals surface area contributed by atoms with Gasteiger partial charge in [-0.3, -0.25) is 9.78 Å². The second-order valence-electron chi connectivity index (χ2n) is 6.57. The lowest BCUT2D eigenvalue weighted by Gasteiger charge is -2.36. The standard InChI is InChI=1S/C21H27N3O3.ClH/c1-3-4-12-27-19-8-7-16(13-20(19)26-2)21(25)24-11-10-23-15-18(24)17-6-5-9-22-14-17;/h5-9,13-14,18,23H,3-4,10-12,15H2,1-2H3;1H. The zero-order chi connectivity index (χ0) is 19.1. The molecule has 0 radical (unpaired) electrons. The lowest BCUT2D eigenvalue weighted by Crippen LogP contribution is -2.48. The molecule has 3 rings (SSSR count). The maximum atomic E-state index is 13.2. The summed E-state index contributed by atoms with van der Waals surface area (Å²) in [6, 6.07) is 9.28. The van der Waals surface area contributed by atoms with Crippen LogP contribution in [0, 0.1) is 0 Å². The van der Waals surface area contributed by atoms with Crippen molar-refractivity contribution in [3.63, 3.8) is 0 Å². The fraction of sp³-hybridized carbons (Fsp3) is 0.429. The zero-order valence-electron chi connectivity index (χ0n) is 16.4. The average Bonchev–Trinajstić information content (AvgIpc) is 2.74. The molecule has 7 heteroatoms. The number of aromatic nitrogens is 1. The summed E-state index contributed by atoms with van der Waals surface area (Å²) >= 11 is 0. The third-order valence-electron chi connectivity index (χ3n) is 4.74. The minimum Gasteiger partial charge on any atom is -0.493 e. The quantitative estimate of drug-likeness (QED) is 0.714. The maximum absolute atomic E-state index is 13.2. The molecule has 1 fully saturated rings. The Morgan fingerprint density at radius 3 is 2.89 bits per heavy atom. The van der Waals surface area contributed by atoms with Crippen LogP contribution in [0.2, 0.25) is 0 Å². The fourth-order valence-corrected chi connectivity index (χ4v) is 3.23. The average molecular weight is 406 g/mol. The first-order valence-corrected chi connectivity index (χ1v) is 9.47. The van der Waals surface area contributed by atoms with Gasteiger partial charge in [0.2, 0.25) is 0 Å². The van der Waals surface area contributed by atoms with Crippen molar-refractivity contribution in [2.75, 3.05) is 33.4 Å². The van der Waals surface area contributed by atoms with Crippen LogP contribution in [0.3, 0.4) is 0 Å². The van der Waals surface area contributed by atoms with E-state index < -0.39 is 0 Å². The van der Waals surface area contributed by atoms with Crippen molar-refractivity contribution < 1.29 is 14.3 Å². The number of hydrogen-bond donors (Lipinski definition) is 1. The Hall–Kier alpha value is -2.31. The summed E-state index contributed by atoms with van der Waals surface area (Å²) in [7, 11) is 1.60. The van der Waals surface area contributed by atoms with E-state index in [-0.39, 0.29) is 24.4 Å². The van der Waals surface area contributed by atoms with Crippen LogP contribution in [-0.2, 0) is 0 Å². The van der Waals surface area contributed by atoms with E-state index >= 15 is 0 Å². The van der Waals surface area contributed by atoms with Crippen molar-refractivity contribution >= 4 is 18.3 Å². The number of hydrogen-bond acceptors (Lipinski definition) is 5. The number of ether oxygens (including phenoxy) is 2. The Morgan fingerprint density at radius 1 is 1.32 bits per heavy atom. The molecule has 1 aliphatic rings. The number of nitrogens with zero attached hydrogens (tertiary/aromatic N) is 2. The molecule has 1 aromatic heterocycles. The van der Waals surface area contributed by atoms with Crippen LogP contribution in [-0.4, -0.2) is 49.1 Å². The third-order valence-corrected chi connectivity index (χ3v) is 4.74. The molecule has 2 heterocycles. The van der Waals surface area contributed by atoms with Crippen molar-refractivity contribution in [2.45, 2.75) is 25.8 Å². The number of nitrogens with one attached hydrogen (secondary N) is 1. The summed E-state index contributed by atoms with van der Waals surface area (Å²) in [5, 5.41) is 3.36. The Bertz CT molecular complexity index is 758. The highest BCUT2D eigenvalue weighted by molar-refractivity contribution is 5.95. The lowest BCUT2D eigenvalue weighted by molar-refractivity contribution is 0.0633. The van der Waals surface area contributed by atoms with Gasteiger partial charge in [-0.15, -0.1) is 12.4 Å². The van der Waals surface area contributed by atoms with Crippen LogP contribution in [0.25, 0.3) is 0 Å². The summed E-state index contributed by atoms with van der Waals surface area (Å²) in [6.45, 7) is 4.90. The molecule has 1 aliphatic heterocycles. The monoisotopic (exact) mass is 405 g/mol. The van der Waals surface area contributed by atoms with E-state index in [0.717, 1.165) is 24.9 Å². The van der Waals surface area contributed by atoms with Crippen LogP contribution in [0.5, 0.6) is 11.5 Å². The lowest BCUT2D eigenvalue weighted by atomic mass is 10.0. The van der Waals surface area contributed by atoms with E-state index in [0.29, 0.717) is 36.8 Å². The van der Waals surface area contributed by atoms with Crippen LogP contribution < -0.4 is 14.8 Å². The molecule has 1 saturated heterocycles. The number of piperazine rings is 1. The van der Waals surface area contributed by atoms with Gasteiger partial charge in [-0.1, -0.05) is 19.4 Å². The molecule has 28 heavy (non-hydrogen) atoms. The summed E-state index contributed by atoms with van der Waals surface area (Å²) < 4.78 is 11.2. The number of benzene rings is 1. The number of carbonyl (C=O) groups excluding carboxylic acids is 1. The minimum absolute atomic E-state index is 0. The molecule has 1 aromatic carbocycles. The van der Waals surface area contributed by atoms with E-state index in [9.17, 15) is 4.79 Å². The Balaban J connectivity index is 0.00000280. The van der Waals surface area contributed by atoms with Crippen LogP contribution in [0.1, 0.15) is 41.7 Å². The Morgan fingerprint density at radius 2 is 2.18 bits per heavy atom. The SMILES string of the molecule is CCCCOc1ccc(C(=O)N2CCNCC2c2cccnc2)cc1OC.Cl. The third kappa shape index (κ3) is 5.14. The summed E-state index contributed by atoms with van der Waals surface area (Å²) in [4.78, 5) is 19.3. The molecule has 0 aliphatic carbocycles. The fourth-order valence-electron chi connectivity index (χ4n) is 3.23. The molecule has 152 valence electrons. The summed E-state index contributed by atoms with van der Waals surface area (Å²) in [5.74, 6) is 1.25. The minimum atomic E-state index is -0.0357. The number of carbonyl (C=O) groups is 1. The first-order valence-electron chi connectivity index (χ1n) is 9.47. The Kier molecular flexibility index (Phi) is 8.54. The molecule has 1 atom stereocenters. The van der Waals surface area contributed by atoms with Crippen LogP contribution in [0.4, 0.5) is 0 Å². The highest BCUT2D eigenvalue weighted by Crippen LogP contribution is 2.30. The van der Waals surface area contributed by atoms with Crippen LogP contribution in [0.15, 0.2) is 42.7 Å². The van der Waals surface area contributed by atoms with E-state index in [4.69, 9.17) is 9.47 Å². The molecular formula is C21H28ClN3O3. The van der Waals surface area contributed by atoms with Crippen molar-refractivity contribution in [3.8, 4) is 11.5 Å². The van der Waals surface area contributed by atoms with Gasteiger partial charge in [0, 0.05) is 37.6 Å². The smallest absolute Gasteiger partial charge is 0.254 e. The topological polar surface area (TPSA) is 63.7 Å². The number of halogens is 1. The molecule has 1 unspecified atom stereocenters. The number of unbranched alkanes of at least 4 members (excludes halogenated alkanes) is 1. The van der Waals surface area contributed by atoms with Crippen LogP contribution >= 0.6 is 12.4 Å². The summed E-state index contributed by atoms with van der Waals surface area (Å²) in [6.07, 6.45) is 5.62. The van der Waals surface area contributed by atoms with Crippen molar-refractivity contribution in [2.24, 2.45) is 0 Å². The van der Waals surface area contributed by atoms with Gasteiger partial charge in [-0.25, -0.2) is 0 Å². The summed E-state index contributed by atoms with van der Waals surface area (Å²) in [5.41, 5.74) is 1.63. The van der Waals surface area contributed by atoms with Crippen molar-refractivity contribution in [1.82, 2.24) is 15.2 Å². The number of amides is 1. The molecular weight excluding hydrogens is 378 g/mol. The van der Waals surface area contributed by atoms with Gasteiger partial charge >= 0.3 is 0 Å². The molecule has 0 saturated carbocycles. The zero-order valence-corrected chi connectivity index (χ0v) is 17.2. The normalized spacial score (nSPS) is 16.2. The molecule has 1 amide bonds. The second-order valence-corrected chi connectivity index (χ2v) is 6.57. The predicted octanol–water partition coefficient (Wildman–Crippen LogP) is 3.48. The van der Waals surface area contributed by atoms with Gasteiger partial charge in [-0.05, 0) is 36.2 Å². The van der Waals surface area contributed by atoms with Crippen molar-refractivity contribution in [1.29, 1.82) is 0 Å². The number of rotatable bonds is 7. The number of methoxy groups -OCH3 is 1. The molecule has 6 nitrogen and oxygen atoms in total. The molecule has 0 spiro atoms. The van der Waals surface area contributed by atoms with Gasteiger partial charge in [0.1, 0.15) is 0 Å². The van der Waals surface area contributed by atoms with Gasteiger partial charge in [-0.2, -0.15) is 0 Å². The molecule has 1 N–H and O–H groups in total. The molecule has 0 bridgehead atoms. The molecule has 2 aromatic rings. The van der Waals surface area contributed by atoms with Gasteiger partial charge < -0.3 is 19.7 Å². The number of pyridine rings is 1. The van der Waals surface area contributed by atoms with E-state index in [1.165, 1.54) is 0 Å². The van der Waals surface area contributed by atoms with E-state index in [1.54, 1.807) is 19.4 Å².